The van der Waals surface area contributed by atoms with E-state index in [0.29, 0.717) is 12.0 Å². The molecule has 1 saturated carbocycles. The van der Waals surface area contributed by atoms with Crippen molar-refractivity contribution in [2.75, 3.05) is 13.6 Å². The van der Waals surface area contributed by atoms with E-state index in [9.17, 15) is 4.79 Å². The number of likely N-dealkylation sites (N-methyl/N-ethyl adjacent to an activating group) is 1. The number of carbonyl (C=O) groups is 1. The first-order valence-corrected chi connectivity index (χ1v) is 7.73. The van der Waals surface area contributed by atoms with Gasteiger partial charge < -0.3 is 10.6 Å². The van der Waals surface area contributed by atoms with Crippen molar-refractivity contribution in [3.8, 4) is 0 Å². The van der Waals surface area contributed by atoms with Gasteiger partial charge in [0.2, 0.25) is 5.91 Å². The van der Waals surface area contributed by atoms with Gasteiger partial charge in [-0.1, -0.05) is 24.3 Å². The highest BCUT2D eigenvalue weighted by Crippen LogP contribution is 2.33. The summed E-state index contributed by atoms with van der Waals surface area (Å²) in [5.41, 5.74) is 8.43. The quantitative estimate of drug-likeness (QED) is 0.917. The van der Waals surface area contributed by atoms with Crippen LogP contribution in [0, 0.1) is 5.92 Å². The van der Waals surface area contributed by atoms with Crippen molar-refractivity contribution in [1.82, 2.24) is 4.90 Å². The van der Waals surface area contributed by atoms with Crippen LogP contribution in [0.2, 0.25) is 0 Å². The molecule has 0 heterocycles. The zero-order valence-corrected chi connectivity index (χ0v) is 12.2. The third kappa shape index (κ3) is 2.59. The largest absolute Gasteiger partial charge is 0.345 e. The molecule has 2 aliphatic rings. The lowest BCUT2D eigenvalue weighted by Crippen LogP contribution is -2.44. The Morgan fingerprint density at radius 2 is 2.10 bits per heavy atom. The Labute approximate surface area is 121 Å². The summed E-state index contributed by atoms with van der Waals surface area (Å²) in [6.07, 6.45) is 5.36. The van der Waals surface area contributed by atoms with Gasteiger partial charge in [0.15, 0.2) is 0 Å². The molecule has 20 heavy (non-hydrogen) atoms. The number of carbonyl (C=O) groups excluding carboxylic acids is 1. The number of fused-ring (bicyclic) bond motifs is 1. The molecule has 1 amide bonds. The highest BCUT2D eigenvalue weighted by molar-refractivity contribution is 5.84. The molecular weight excluding hydrogens is 248 g/mol. The van der Waals surface area contributed by atoms with Crippen LogP contribution in [0.25, 0.3) is 0 Å². The minimum Gasteiger partial charge on any atom is -0.345 e. The van der Waals surface area contributed by atoms with E-state index < -0.39 is 0 Å². The van der Waals surface area contributed by atoms with Crippen molar-refractivity contribution in [3.05, 3.63) is 35.4 Å². The summed E-state index contributed by atoms with van der Waals surface area (Å²) in [6, 6.07) is 8.78. The number of rotatable bonds is 3. The van der Waals surface area contributed by atoms with Gasteiger partial charge in [-0.25, -0.2) is 0 Å². The minimum atomic E-state index is 0.0682. The Morgan fingerprint density at radius 1 is 1.35 bits per heavy atom. The summed E-state index contributed by atoms with van der Waals surface area (Å²) >= 11 is 0. The molecule has 0 saturated heterocycles. The second-order valence-electron chi connectivity index (χ2n) is 6.46. The average Bonchev–Trinajstić information content (AvgIpc) is 2.44. The van der Waals surface area contributed by atoms with E-state index in [1.165, 1.54) is 11.1 Å². The summed E-state index contributed by atoms with van der Waals surface area (Å²) in [6.45, 7) is 0.866. The van der Waals surface area contributed by atoms with Gasteiger partial charge in [-0.15, -0.1) is 0 Å². The molecule has 0 aliphatic heterocycles. The summed E-state index contributed by atoms with van der Waals surface area (Å²) < 4.78 is 0. The molecule has 2 N–H and O–H groups in total. The first kappa shape index (κ1) is 13.6. The van der Waals surface area contributed by atoms with Crippen LogP contribution in [0.15, 0.2) is 24.3 Å². The molecule has 0 aromatic heterocycles. The number of nitrogens with zero attached hydrogens (tertiary/aromatic N) is 1. The van der Waals surface area contributed by atoms with Crippen LogP contribution in [0.1, 0.15) is 42.7 Å². The molecule has 3 nitrogen and oxygen atoms in total. The second kappa shape index (κ2) is 5.57. The summed E-state index contributed by atoms with van der Waals surface area (Å²) in [5, 5.41) is 0. The Bertz CT molecular complexity index is 494. The third-order valence-corrected chi connectivity index (χ3v) is 4.85. The molecule has 0 radical (unpaired) electrons. The van der Waals surface area contributed by atoms with Gasteiger partial charge in [0, 0.05) is 19.6 Å². The minimum absolute atomic E-state index is 0.0682. The van der Waals surface area contributed by atoms with Crippen molar-refractivity contribution in [2.24, 2.45) is 11.7 Å². The SMILES string of the molecule is CN(CC1CC(N)C1)C(=O)C1CCCc2ccccc21. The van der Waals surface area contributed by atoms with Gasteiger partial charge in [0.05, 0.1) is 5.92 Å². The number of hydrogen-bond acceptors (Lipinski definition) is 2. The predicted molar refractivity (Wildman–Crippen MR) is 80.5 cm³/mol. The molecule has 1 aromatic rings. The van der Waals surface area contributed by atoms with Crippen LogP contribution in [-0.2, 0) is 11.2 Å². The standard InChI is InChI=1S/C17H24N2O/c1-19(11-12-9-14(18)10-12)17(20)16-8-4-6-13-5-2-3-7-15(13)16/h2-3,5,7,12,14,16H,4,6,8-11,18H2,1H3. The van der Waals surface area contributed by atoms with Crippen molar-refractivity contribution >= 4 is 5.91 Å². The molecule has 1 atom stereocenters. The highest BCUT2D eigenvalue weighted by atomic mass is 16.2. The lowest BCUT2D eigenvalue weighted by Gasteiger charge is -2.37. The van der Waals surface area contributed by atoms with Crippen LogP contribution < -0.4 is 5.73 Å². The van der Waals surface area contributed by atoms with E-state index in [2.05, 4.69) is 24.3 Å². The predicted octanol–water partition coefficient (Wildman–Crippen LogP) is 2.30. The van der Waals surface area contributed by atoms with E-state index >= 15 is 0 Å². The van der Waals surface area contributed by atoms with E-state index in [0.717, 1.165) is 38.6 Å². The zero-order valence-electron chi connectivity index (χ0n) is 12.2. The molecule has 1 fully saturated rings. The Morgan fingerprint density at radius 3 is 2.85 bits per heavy atom. The van der Waals surface area contributed by atoms with E-state index in [1.807, 2.05) is 11.9 Å². The lowest BCUT2D eigenvalue weighted by atomic mass is 9.79. The van der Waals surface area contributed by atoms with E-state index in [4.69, 9.17) is 5.73 Å². The van der Waals surface area contributed by atoms with E-state index in [-0.39, 0.29) is 11.8 Å². The van der Waals surface area contributed by atoms with Crippen LogP contribution in [-0.4, -0.2) is 30.4 Å². The fourth-order valence-corrected chi connectivity index (χ4v) is 3.69. The Kier molecular flexibility index (Phi) is 3.79. The maximum atomic E-state index is 12.7. The molecule has 1 aromatic carbocycles. The number of aryl methyl sites for hydroxylation is 1. The topological polar surface area (TPSA) is 46.3 Å². The molecule has 3 rings (SSSR count). The van der Waals surface area contributed by atoms with Gasteiger partial charge >= 0.3 is 0 Å². The van der Waals surface area contributed by atoms with Gasteiger partial charge in [-0.3, -0.25) is 4.79 Å². The molecule has 1 unspecified atom stereocenters. The lowest BCUT2D eigenvalue weighted by molar-refractivity contribution is -0.132. The Hall–Kier alpha value is -1.35. The van der Waals surface area contributed by atoms with Crippen molar-refractivity contribution in [3.63, 3.8) is 0 Å². The van der Waals surface area contributed by atoms with Gasteiger partial charge in [0.25, 0.3) is 0 Å². The maximum Gasteiger partial charge on any atom is 0.229 e. The van der Waals surface area contributed by atoms with Gasteiger partial charge in [-0.05, 0) is 49.1 Å². The van der Waals surface area contributed by atoms with E-state index in [1.54, 1.807) is 0 Å². The first-order chi connectivity index (χ1) is 9.65. The van der Waals surface area contributed by atoms with Crippen LogP contribution >= 0.6 is 0 Å². The molecule has 108 valence electrons. The zero-order chi connectivity index (χ0) is 14.1. The maximum absolute atomic E-state index is 12.7. The smallest absolute Gasteiger partial charge is 0.229 e. The fraction of sp³-hybridized carbons (Fsp3) is 0.588. The van der Waals surface area contributed by atoms with Gasteiger partial charge in [0.1, 0.15) is 0 Å². The van der Waals surface area contributed by atoms with Gasteiger partial charge in [-0.2, -0.15) is 0 Å². The summed E-state index contributed by atoms with van der Waals surface area (Å²) in [4.78, 5) is 14.6. The molecule has 0 spiro atoms. The number of hydrogen-bond donors (Lipinski definition) is 1. The third-order valence-electron chi connectivity index (χ3n) is 4.85. The molecule has 0 bridgehead atoms. The number of nitrogens with two attached hydrogens (primary N) is 1. The average molecular weight is 272 g/mol. The van der Waals surface area contributed by atoms with Crippen LogP contribution in [0.4, 0.5) is 0 Å². The Balaban J connectivity index is 1.68. The van der Waals surface area contributed by atoms with Crippen molar-refractivity contribution in [2.45, 2.75) is 44.1 Å². The van der Waals surface area contributed by atoms with Crippen molar-refractivity contribution in [1.29, 1.82) is 0 Å². The summed E-state index contributed by atoms with van der Waals surface area (Å²) in [5.74, 6) is 0.967. The normalized spacial score (nSPS) is 28.4. The molecule has 3 heteroatoms. The first-order valence-electron chi connectivity index (χ1n) is 7.73. The number of benzene rings is 1. The molecular formula is C17H24N2O. The summed E-state index contributed by atoms with van der Waals surface area (Å²) in [7, 11) is 1.95. The molecule has 2 aliphatic carbocycles. The number of amides is 1. The van der Waals surface area contributed by atoms with Crippen LogP contribution in [0.5, 0.6) is 0 Å². The van der Waals surface area contributed by atoms with Crippen molar-refractivity contribution < 1.29 is 4.79 Å². The highest BCUT2D eigenvalue weighted by Gasteiger charge is 2.32. The second-order valence-corrected chi connectivity index (χ2v) is 6.46. The monoisotopic (exact) mass is 272 g/mol. The fourth-order valence-electron chi connectivity index (χ4n) is 3.69. The van der Waals surface area contributed by atoms with Crippen LogP contribution in [0.3, 0.4) is 0 Å².